The van der Waals surface area contributed by atoms with Crippen LogP contribution >= 0.6 is 0 Å². The lowest BCUT2D eigenvalue weighted by Crippen LogP contribution is -2.15. The first kappa shape index (κ1) is 13.4. The summed E-state index contributed by atoms with van der Waals surface area (Å²) in [6.07, 6.45) is 8.56. The first-order valence-electron chi connectivity index (χ1n) is 5.40. The number of unbranched alkanes of at least 4 members (excludes halogenated alkanes) is 6. The van der Waals surface area contributed by atoms with Crippen LogP contribution in [0.15, 0.2) is 0 Å². The molecule has 0 aliphatic rings. The van der Waals surface area contributed by atoms with E-state index in [2.05, 4.69) is 11.8 Å². The van der Waals surface area contributed by atoms with Crippen molar-refractivity contribution in [2.45, 2.75) is 58.3 Å². The molecule has 0 atom stereocenters. The Morgan fingerprint density at radius 3 is 2.29 bits per heavy atom. The maximum Gasteiger partial charge on any atom is 0.327 e. The predicted molar refractivity (Wildman–Crippen MR) is 53.6 cm³/mol. The Balaban J connectivity index is 3.01. The van der Waals surface area contributed by atoms with Crippen molar-refractivity contribution in [1.82, 2.24) is 5.64 Å². The number of hydrogen-bond donors (Lipinski definition) is 2. The van der Waals surface area contributed by atoms with E-state index in [9.17, 15) is 4.79 Å². The van der Waals surface area contributed by atoms with Crippen molar-refractivity contribution in [3.63, 3.8) is 0 Å². The Hall–Kier alpha value is -0.610. The quantitative estimate of drug-likeness (QED) is 0.446. The van der Waals surface area contributed by atoms with Gasteiger partial charge >= 0.3 is 5.97 Å². The monoisotopic (exact) mass is 203 g/mol. The Kier molecular flexibility index (Phi) is 10.0. The summed E-state index contributed by atoms with van der Waals surface area (Å²) in [7, 11) is 0. The van der Waals surface area contributed by atoms with Crippen LogP contribution in [0.5, 0.6) is 0 Å². The van der Waals surface area contributed by atoms with Crippen molar-refractivity contribution >= 4 is 5.97 Å². The summed E-state index contributed by atoms with van der Waals surface area (Å²) in [4.78, 5) is 14.9. The molecule has 0 bridgehead atoms. The molecule has 0 aliphatic carbocycles. The Bertz CT molecular complexity index is 139. The van der Waals surface area contributed by atoms with Gasteiger partial charge in [0.15, 0.2) is 0 Å². The van der Waals surface area contributed by atoms with Crippen LogP contribution in [-0.2, 0) is 9.63 Å². The molecule has 14 heavy (non-hydrogen) atoms. The van der Waals surface area contributed by atoms with E-state index in [1.165, 1.54) is 37.7 Å². The maximum absolute atomic E-state index is 10.7. The zero-order valence-electron chi connectivity index (χ0n) is 8.92. The summed E-state index contributed by atoms with van der Waals surface area (Å²) in [5.74, 6) is -0.402. The average molecular weight is 203 g/mol. The molecule has 0 heterocycles. The highest BCUT2D eigenvalue weighted by Crippen LogP contribution is 2.08. The minimum Gasteiger partial charge on any atom is -0.345 e. The summed E-state index contributed by atoms with van der Waals surface area (Å²) in [6, 6.07) is 0. The minimum absolute atomic E-state index is 0.376. The first-order chi connectivity index (χ1) is 6.81. The van der Waals surface area contributed by atoms with Gasteiger partial charge in [0, 0.05) is 6.42 Å². The van der Waals surface area contributed by atoms with E-state index in [4.69, 9.17) is 5.21 Å². The second-order valence-electron chi connectivity index (χ2n) is 3.44. The molecule has 0 saturated carbocycles. The number of carbonyl (C=O) groups excluding carboxylic acids is 1. The largest absolute Gasteiger partial charge is 0.345 e. The lowest BCUT2D eigenvalue weighted by molar-refractivity contribution is -0.176. The van der Waals surface area contributed by atoms with Crippen LogP contribution in [0.3, 0.4) is 0 Å². The van der Waals surface area contributed by atoms with Crippen molar-refractivity contribution < 1.29 is 14.8 Å². The van der Waals surface area contributed by atoms with Gasteiger partial charge in [-0.25, -0.2) is 0 Å². The molecule has 2 N–H and O–H groups in total. The Labute approximate surface area is 85.6 Å². The molecule has 0 saturated heterocycles. The number of rotatable bonds is 9. The summed E-state index contributed by atoms with van der Waals surface area (Å²) in [5, 5.41) is 8.04. The van der Waals surface area contributed by atoms with Crippen molar-refractivity contribution in [3.05, 3.63) is 0 Å². The molecular formula is C10H21NO3. The van der Waals surface area contributed by atoms with Gasteiger partial charge in [0.05, 0.1) is 0 Å². The van der Waals surface area contributed by atoms with E-state index < -0.39 is 5.97 Å². The van der Waals surface area contributed by atoms with E-state index in [-0.39, 0.29) is 0 Å². The lowest BCUT2D eigenvalue weighted by atomic mass is 10.1. The summed E-state index contributed by atoms with van der Waals surface area (Å²) in [5.41, 5.74) is 1.39. The minimum atomic E-state index is -0.402. The highest BCUT2D eigenvalue weighted by molar-refractivity contribution is 5.68. The van der Waals surface area contributed by atoms with Gasteiger partial charge in [-0.05, 0) is 12.1 Å². The van der Waals surface area contributed by atoms with E-state index in [1.807, 2.05) is 0 Å². The lowest BCUT2D eigenvalue weighted by Gasteiger charge is -2.01. The third-order valence-corrected chi connectivity index (χ3v) is 2.14. The van der Waals surface area contributed by atoms with Crippen LogP contribution in [0.2, 0.25) is 0 Å². The topological polar surface area (TPSA) is 58.6 Å². The third kappa shape index (κ3) is 9.48. The molecule has 84 valence electrons. The van der Waals surface area contributed by atoms with Gasteiger partial charge in [-0.1, -0.05) is 45.4 Å². The summed E-state index contributed by atoms with van der Waals surface area (Å²) in [6.45, 7) is 2.19. The van der Waals surface area contributed by atoms with Gasteiger partial charge in [-0.15, -0.1) is 0 Å². The van der Waals surface area contributed by atoms with Crippen LogP contribution in [0.25, 0.3) is 0 Å². The van der Waals surface area contributed by atoms with Gasteiger partial charge in [-0.2, -0.15) is 0 Å². The van der Waals surface area contributed by atoms with Crippen molar-refractivity contribution in [1.29, 1.82) is 0 Å². The molecule has 4 nitrogen and oxygen atoms in total. The Morgan fingerprint density at radius 1 is 1.14 bits per heavy atom. The molecule has 0 radical (unpaired) electrons. The van der Waals surface area contributed by atoms with Crippen molar-refractivity contribution in [3.8, 4) is 0 Å². The van der Waals surface area contributed by atoms with Crippen LogP contribution < -0.4 is 5.64 Å². The molecule has 0 spiro atoms. The zero-order chi connectivity index (χ0) is 10.6. The number of carbonyl (C=O) groups is 1. The second kappa shape index (κ2) is 10.5. The van der Waals surface area contributed by atoms with Crippen LogP contribution in [-0.4, -0.2) is 11.2 Å². The van der Waals surface area contributed by atoms with E-state index in [0.717, 1.165) is 12.8 Å². The molecule has 0 fully saturated rings. The fourth-order valence-electron chi connectivity index (χ4n) is 1.33. The fraction of sp³-hybridized carbons (Fsp3) is 0.900. The molecular weight excluding hydrogens is 182 g/mol. The zero-order valence-corrected chi connectivity index (χ0v) is 8.92. The smallest absolute Gasteiger partial charge is 0.327 e. The standard InChI is InChI=1S/C10H21NO3/c1-2-3-4-5-6-7-8-9-10(12)14-11-13/h11,13H,2-9H2,1H3. The Morgan fingerprint density at radius 2 is 1.71 bits per heavy atom. The van der Waals surface area contributed by atoms with Crippen molar-refractivity contribution in [2.75, 3.05) is 0 Å². The highest BCUT2D eigenvalue weighted by atomic mass is 16.8. The van der Waals surface area contributed by atoms with E-state index in [0.29, 0.717) is 6.42 Å². The summed E-state index contributed by atoms with van der Waals surface area (Å²) < 4.78 is 0. The second-order valence-corrected chi connectivity index (χ2v) is 3.44. The number of hydrogen-bond acceptors (Lipinski definition) is 4. The molecule has 0 aromatic rings. The summed E-state index contributed by atoms with van der Waals surface area (Å²) >= 11 is 0. The number of nitrogens with one attached hydrogen (secondary N) is 1. The predicted octanol–water partition coefficient (Wildman–Crippen LogP) is 2.56. The molecule has 0 amide bonds. The van der Waals surface area contributed by atoms with Gasteiger partial charge < -0.3 is 4.84 Å². The molecule has 0 aromatic carbocycles. The first-order valence-corrected chi connectivity index (χ1v) is 5.40. The third-order valence-electron chi connectivity index (χ3n) is 2.14. The van der Waals surface area contributed by atoms with E-state index >= 15 is 0 Å². The maximum atomic E-state index is 10.7. The molecule has 0 unspecified atom stereocenters. The molecule has 4 heteroatoms. The van der Waals surface area contributed by atoms with Crippen LogP contribution in [0.4, 0.5) is 0 Å². The van der Waals surface area contributed by atoms with Crippen LogP contribution in [0.1, 0.15) is 58.3 Å². The van der Waals surface area contributed by atoms with Gasteiger partial charge in [0.1, 0.15) is 0 Å². The average Bonchev–Trinajstić information content (AvgIpc) is 2.17. The molecule has 0 aromatic heterocycles. The molecule has 0 aliphatic heterocycles. The molecule has 0 rings (SSSR count). The van der Waals surface area contributed by atoms with Gasteiger partial charge in [0.2, 0.25) is 0 Å². The van der Waals surface area contributed by atoms with Gasteiger partial charge in [0.25, 0.3) is 0 Å². The van der Waals surface area contributed by atoms with E-state index in [1.54, 1.807) is 0 Å². The SMILES string of the molecule is CCCCCCCCCC(=O)ONO. The fourth-order valence-corrected chi connectivity index (χ4v) is 1.33. The van der Waals surface area contributed by atoms with Gasteiger partial charge in [-0.3, -0.25) is 10.0 Å². The normalized spacial score (nSPS) is 10.1. The highest BCUT2D eigenvalue weighted by Gasteiger charge is 2.01. The van der Waals surface area contributed by atoms with Crippen molar-refractivity contribution in [2.24, 2.45) is 0 Å². The van der Waals surface area contributed by atoms with Crippen LogP contribution in [0, 0.1) is 0 Å².